The van der Waals surface area contributed by atoms with Crippen LogP contribution in [0.5, 0.6) is 5.75 Å². The Morgan fingerprint density at radius 2 is 1.95 bits per heavy atom. The maximum absolute atomic E-state index is 13.7. The van der Waals surface area contributed by atoms with Crippen molar-refractivity contribution in [3.63, 3.8) is 0 Å². The van der Waals surface area contributed by atoms with Crippen LogP contribution in [0.25, 0.3) is 0 Å². The summed E-state index contributed by atoms with van der Waals surface area (Å²) >= 11 is 3.17. The zero-order chi connectivity index (χ0) is 16.3. The highest BCUT2D eigenvalue weighted by molar-refractivity contribution is 9.10. The van der Waals surface area contributed by atoms with Gasteiger partial charge < -0.3 is 10.1 Å². The van der Waals surface area contributed by atoms with Crippen LogP contribution in [0.15, 0.2) is 40.9 Å². The van der Waals surface area contributed by atoms with E-state index in [1.165, 1.54) is 12.1 Å². The molecule has 0 spiro atoms. The molecule has 5 heteroatoms. The van der Waals surface area contributed by atoms with E-state index in [4.69, 9.17) is 4.74 Å². The third-order valence-electron chi connectivity index (χ3n) is 3.21. The first-order valence-corrected chi connectivity index (χ1v) is 7.66. The van der Waals surface area contributed by atoms with Crippen molar-refractivity contribution in [1.29, 1.82) is 0 Å². The summed E-state index contributed by atoms with van der Waals surface area (Å²) in [4.78, 5) is 12.1. The van der Waals surface area contributed by atoms with Gasteiger partial charge >= 0.3 is 0 Å². The van der Waals surface area contributed by atoms with Gasteiger partial charge in [-0.05, 0) is 56.2 Å². The normalized spacial score (nSPS) is 11.9. The molecule has 0 saturated carbocycles. The molecule has 3 nitrogen and oxygen atoms in total. The lowest BCUT2D eigenvalue weighted by Gasteiger charge is -2.17. The van der Waals surface area contributed by atoms with E-state index in [2.05, 4.69) is 21.2 Å². The van der Waals surface area contributed by atoms with Crippen molar-refractivity contribution in [1.82, 2.24) is 0 Å². The Morgan fingerprint density at radius 3 is 2.64 bits per heavy atom. The highest BCUT2D eigenvalue weighted by Gasteiger charge is 2.17. The van der Waals surface area contributed by atoms with E-state index in [1.807, 2.05) is 32.0 Å². The van der Waals surface area contributed by atoms with E-state index in [0.29, 0.717) is 10.2 Å². The lowest BCUT2D eigenvalue weighted by Crippen LogP contribution is -2.30. The third-order valence-corrected chi connectivity index (χ3v) is 3.70. The molecule has 116 valence electrons. The molecular formula is C17H17BrFNO2. The number of amides is 1. The Bertz CT molecular complexity index is 703. The van der Waals surface area contributed by atoms with Gasteiger partial charge in [-0.3, -0.25) is 4.79 Å². The molecule has 0 aliphatic carbocycles. The van der Waals surface area contributed by atoms with Gasteiger partial charge in [0.1, 0.15) is 11.6 Å². The minimum atomic E-state index is -0.733. The largest absolute Gasteiger partial charge is 0.481 e. The van der Waals surface area contributed by atoms with Crippen LogP contribution < -0.4 is 10.1 Å². The molecule has 0 aliphatic rings. The van der Waals surface area contributed by atoms with Gasteiger partial charge in [-0.1, -0.05) is 28.1 Å². The van der Waals surface area contributed by atoms with Crippen LogP contribution in [0.1, 0.15) is 18.1 Å². The summed E-state index contributed by atoms with van der Waals surface area (Å²) in [5.74, 6) is -0.247. The van der Waals surface area contributed by atoms with Crippen LogP contribution >= 0.6 is 15.9 Å². The predicted octanol–water partition coefficient (Wildman–Crippen LogP) is 4.61. The van der Waals surface area contributed by atoms with Crippen molar-refractivity contribution >= 4 is 27.5 Å². The molecule has 1 N–H and O–H groups in total. The Hall–Kier alpha value is -1.88. The number of benzene rings is 2. The molecule has 1 amide bonds. The molecule has 2 rings (SSSR count). The van der Waals surface area contributed by atoms with Gasteiger partial charge in [0.2, 0.25) is 0 Å². The zero-order valence-electron chi connectivity index (χ0n) is 12.6. The Kier molecular flexibility index (Phi) is 5.19. The maximum atomic E-state index is 13.7. The summed E-state index contributed by atoms with van der Waals surface area (Å²) in [6.07, 6.45) is -0.733. The lowest BCUT2D eigenvalue weighted by atomic mass is 10.1. The molecule has 0 fully saturated rings. The average Bonchev–Trinajstić information content (AvgIpc) is 2.45. The fourth-order valence-corrected chi connectivity index (χ4v) is 2.24. The lowest BCUT2D eigenvalue weighted by molar-refractivity contribution is -0.122. The molecule has 2 aromatic rings. The first kappa shape index (κ1) is 16.5. The van der Waals surface area contributed by atoms with Gasteiger partial charge in [-0.15, -0.1) is 0 Å². The maximum Gasteiger partial charge on any atom is 0.265 e. The van der Waals surface area contributed by atoms with E-state index in [9.17, 15) is 9.18 Å². The van der Waals surface area contributed by atoms with Crippen LogP contribution in [0, 0.1) is 19.7 Å². The van der Waals surface area contributed by atoms with E-state index < -0.39 is 17.8 Å². The van der Waals surface area contributed by atoms with E-state index in [0.717, 1.165) is 11.1 Å². The summed E-state index contributed by atoms with van der Waals surface area (Å²) in [5, 5.41) is 2.53. The number of carbonyl (C=O) groups excluding carboxylic acids is 1. The minimum Gasteiger partial charge on any atom is -0.481 e. The van der Waals surface area contributed by atoms with E-state index >= 15 is 0 Å². The molecule has 0 aromatic heterocycles. The van der Waals surface area contributed by atoms with Gasteiger partial charge in [-0.25, -0.2) is 4.39 Å². The molecule has 0 heterocycles. The highest BCUT2D eigenvalue weighted by Crippen LogP contribution is 2.22. The van der Waals surface area contributed by atoms with Crippen LogP contribution in [0.2, 0.25) is 0 Å². The van der Waals surface area contributed by atoms with Crippen molar-refractivity contribution in [2.24, 2.45) is 0 Å². The fraction of sp³-hybridized carbons (Fsp3) is 0.235. The molecule has 1 atom stereocenters. The Morgan fingerprint density at radius 1 is 1.23 bits per heavy atom. The fourth-order valence-electron chi connectivity index (χ4n) is 1.90. The first-order chi connectivity index (χ1) is 10.4. The number of rotatable bonds is 4. The Labute approximate surface area is 137 Å². The van der Waals surface area contributed by atoms with Gasteiger partial charge in [-0.2, -0.15) is 0 Å². The second kappa shape index (κ2) is 6.92. The molecule has 0 aliphatic heterocycles. The van der Waals surface area contributed by atoms with E-state index in [1.54, 1.807) is 13.0 Å². The summed E-state index contributed by atoms with van der Waals surface area (Å²) in [6.45, 7) is 5.50. The number of anilines is 1. The van der Waals surface area contributed by atoms with Gasteiger partial charge in [0.15, 0.2) is 6.10 Å². The van der Waals surface area contributed by atoms with Crippen molar-refractivity contribution < 1.29 is 13.9 Å². The van der Waals surface area contributed by atoms with Gasteiger partial charge in [0.05, 0.1) is 5.69 Å². The zero-order valence-corrected chi connectivity index (χ0v) is 14.2. The number of hydrogen-bond donors (Lipinski definition) is 1. The quantitative estimate of drug-likeness (QED) is 0.858. The molecule has 0 saturated heterocycles. The summed E-state index contributed by atoms with van der Waals surface area (Å²) < 4.78 is 20.0. The van der Waals surface area contributed by atoms with Crippen molar-refractivity contribution in [2.45, 2.75) is 26.9 Å². The molecule has 22 heavy (non-hydrogen) atoms. The van der Waals surface area contributed by atoms with Gasteiger partial charge in [0, 0.05) is 4.47 Å². The first-order valence-electron chi connectivity index (χ1n) is 6.86. The summed E-state index contributed by atoms with van der Waals surface area (Å²) in [6, 6.07) is 10.2. The second-order valence-corrected chi connectivity index (χ2v) is 6.06. The van der Waals surface area contributed by atoms with Crippen LogP contribution in [0.3, 0.4) is 0 Å². The topological polar surface area (TPSA) is 38.3 Å². The second-order valence-electron chi connectivity index (χ2n) is 5.14. The number of ether oxygens (including phenoxy) is 1. The summed E-state index contributed by atoms with van der Waals surface area (Å²) in [5.41, 5.74) is 2.12. The number of aryl methyl sites for hydroxylation is 2. The number of nitrogens with one attached hydrogen (secondary N) is 1. The predicted molar refractivity (Wildman–Crippen MR) is 88.7 cm³/mol. The van der Waals surface area contributed by atoms with Crippen molar-refractivity contribution in [2.75, 3.05) is 5.32 Å². The summed E-state index contributed by atoms with van der Waals surface area (Å²) in [7, 11) is 0. The molecular weight excluding hydrogens is 349 g/mol. The van der Waals surface area contributed by atoms with Crippen LogP contribution in [-0.2, 0) is 4.79 Å². The van der Waals surface area contributed by atoms with Crippen LogP contribution in [-0.4, -0.2) is 12.0 Å². The Balaban J connectivity index is 2.07. The SMILES string of the molecule is Cc1ccc(C)c(OC(C)C(=O)Nc2ccc(Br)cc2F)c1. The average molecular weight is 366 g/mol. The molecule has 1 unspecified atom stereocenters. The smallest absolute Gasteiger partial charge is 0.265 e. The monoisotopic (exact) mass is 365 g/mol. The molecule has 0 bridgehead atoms. The van der Waals surface area contributed by atoms with Gasteiger partial charge in [0.25, 0.3) is 5.91 Å². The number of hydrogen-bond acceptors (Lipinski definition) is 2. The number of halogens is 2. The van der Waals surface area contributed by atoms with Crippen molar-refractivity contribution in [3.05, 3.63) is 57.8 Å². The van der Waals surface area contributed by atoms with Crippen molar-refractivity contribution in [3.8, 4) is 5.75 Å². The molecule has 0 radical (unpaired) electrons. The third kappa shape index (κ3) is 4.07. The standard InChI is InChI=1S/C17H17BrFNO2/c1-10-4-5-11(2)16(8-10)22-12(3)17(21)20-15-7-6-13(18)9-14(15)19/h4-9,12H,1-3H3,(H,20,21). The van der Waals surface area contributed by atoms with Crippen LogP contribution in [0.4, 0.5) is 10.1 Å². The highest BCUT2D eigenvalue weighted by atomic mass is 79.9. The number of carbonyl (C=O) groups is 1. The minimum absolute atomic E-state index is 0.129. The van der Waals surface area contributed by atoms with E-state index in [-0.39, 0.29) is 5.69 Å². The molecule has 2 aromatic carbocycles.